The molecule has 0 aliphatic carbocycles. The van der Waals surface area contributed by atoms with Crippen molar-refractivity contribution in [2.75, 3.05) is 5.73 Å². The maximum Gasteiger partial charge on any atom is 0.150 e. The molecule has 0 spiro atoms. The van der Waals surface area contributed by atoms with E-state index in [4.69, 9.17) is 10.5 Å². The number of anilines is 1. The van der Waals surface area contributed by atoms with Crippen molar-refractivity contribution in [1.82, 2.24) is 0 Å². The lowest BCUT2D eigenvalue weighted by molar-refractivity contribution is 0.480. The van der Waals surface area contributed by atoms with Crippen LogP contribution < -0.4 is 10.5 Å². The van der Waals surface area contributed by atoms with Crippen molar-refractivity contribution in [3.05, 3.63) is 52.6 Å². The third-order valence-corrected chi connectivity index (χ3v) is 3.15. The number of hydrogen-bond acceptors (Lipinski definition) is 2. The number of nitrogen functional groups attached to an aromatic ring is 1. The molecule has 2 rings (SSSR count). The Morgan fingerprint density at radius 2 is 1.56 bits per heavy atom. The van der Waals surface area contributed by atoms with Crippen molar-refractivity contribution >= 4 is 5.69 Å². The lowest BCUT2D eigenvalue weighted by atomic mass is 10.1. The number of rotatable bonds is 2. The molecule has 0 saturated carbocycles. The Morgan fingerprint density at radius 1 is 0.833 bits per heavy atom. The van der Waals surface area contributed by atoms with Gasteiger partial charge in [-0.05, 0) is 68.1 Å². The third-order valence-electron chi connectivity index (χ3n) is 3.15. The van der Waals surface area contributed by atoms with Crippen LogP contribution in [0.1, 0.15) is 22.3 Å². The number of hydrogen-bond donors (Lipinski definition) is 1. The number of benzene rings is 2. The first-order chi connectivity index (χ1) is 8.47. The highest BCUT2D eigenvalue weighted by molar-refractivity contribution is 5.56. The molecule has 2 aromatic rings. The monoisotopic (exact) mass is 241 g/mol. The molecule has 18 heavy (non-hydrogen) atoms. The molecule has 2 heteroatoms. The predicted molar refractivity (Wildman–Crippen MR) is 76.3 cm³/mol. The molecular formula is C16H19NO. The van der Waals surface area contributed by atoms with E-state index in [1.165, 1.54) is 11.1 Å². The Hall–Kier alpha value is -1.96. The summed E-state index contributed by atoms with van der Waals surface area (Å²) in [5.74, 6) is 1.59. The predicted octanol–water partition coefficient (Wildman–Crippen LogP) is 4.29. The van der Waals surface area contributed by atoms with E-state index in [1.54, 1.807) is 0 Å². The highest BCUT2D eigenvalue weighted by atomic mass is 16.5. The van der Waals surface area contributed by atoms with Gasteiger partial charge in [-0.3, -0.25) is 0 Å². The van der Waals surface area contributed by atoms with Gasteiger partial charge in [-0.15, -0.1) is 0 Å². The normalized spacial score (nSPS) is 10.4. The van der Waals surface area contributed by atoms with E-state index in [1.807, 2.05) is 31.2 Å². The number of nitrogens with two attached hydrogens (primary N) is 1. The fourth-order valence-electron chi connectivity index (χ4n) is 1.99. The summed E-state index contributed by atoms with van der Waals surface area (Å²) in [6, 6.07) is 10.0. The summed E-state index contributed by atoms with van der Waals surface area (Å²) in [4.78, 5) is 0. The zero-order chi connectivity index (χ0) is 13.3. The van der Waals surface area contributed by atoms with Gasteiger partial charge in [0.25, 0.3) is 0 Å². The maximum absolute atomic E-state index is 5.97. The zero-order valence-corrected chi connectivity index (χ0v) is 11.4. The van der Waals surface area contributed by atoms with Crippen LogP contribution in [0.5, 0.6) is 11.5 Å². The second-order valence-corrected chi connectivity index (χ2v) is 4.85. The van der Waals surface area contributed by atoms with Crippen molar-refractivity contribution in [2.24, 2.45) is 0 Å². The quantitative estimate of drug-likeness (QED) is 0.796. The summed E-state index contributed by atoms with van der Waals surface area (Å²) in [7, 11) is 0. The fraction of sp³-hybridized carbons (Fsp3) is 0.250. The molecule has 2 N–H and O–H groups in total. The van der Waals surface area contributed by atoms with Crippen molar-refractivity contribution in [3.63, 3.8) is 0 Å². The Kier molecular flexibility index (Phi) is 3.28. The van der Waals surface area contributed by atoms with E-state index in [2.05, 4.69) is 26.8 Å². The first-order valence-corrected chi connectivity index (χ1v) is 6.09. The average Bonchev–Trinajstić information content (AvgIpc) is 2.29. The summed E-state index contributed by atoms with van der Waals surface area (Å²) < 4.78 is 5.93. The first kappa shape index (κ1) is 12.5. The largest absolute Gasteiger partial charge is 0.455 e. The molecule has 0 saturated heterocycles. The molecule has 0 bridgehead atoms. The molecule has 0 amide bonds. The highest BCUT2D eigenvalue weighted by Crippen LogP contribution is 2.32. The second kappa shape index (κ2) is 4.73. The third kappa shape index (κ3) is 2.48. The van der Waals surface area contributed by atoms with Crippen LogP contribution in [-0.4, -0.2) is 0 Å². The molecule has 0 unspecified atom stereocenters. The fourth-order valence-corrected chi connectivity index (χ4v) is 1.99. The van der Waals surface area contributed by atoms with Crippen LogP contribution in [-0.2, 0) is 0 Å². The van der Waals surface area contributed by atoms with Crippen molar-refractivity contribution < 1.29 is 4.74 Å². The summed E-state index contributed by atoms with van der Waals surface area (Å²) in [5, 5.41) is 0. The molecule has 0 aromatic heterocycles. The minimum atomic E-state index is 0.675. The zero-order valence-electron chi connectivity index (χ0n) is 11.4. The van der Waals surface area contributed by atoms with Crippen molar-refractivity contribution in [2.45, 2.75) is 27.7 Å². The van der Waals surface area contributed by atoms with Crippen LogP contribution in [0.3, 0.4) is 0 Å². The minimum Gasteiger partial charge on any atom is -0.455 e. The molecule has 94 valence electrons. The molecular weight excluding hydrogens is 222 g/mol. The van der Waals surface area contributed by atoms with Gasteiger partial charge in [0.2, 0.25) is 0 Å². The number of aryl methyl sites for hydroxylation is 3. The summed E-state index contributed by atoms with van der Waals surface area (Å²) in [6.07, 6.45) is 0. The van der Waals surface area contributed by atoms with Gasteiger partial charge in [0, 0.05) is 0 Å². The Morgan fingerprint density at radius 3 is 2.22 bits per heavy atom. The van der Waals surface area contributed by atoms with E-state index in [0.717, 1.165) is 16.9 Å². The Labute approximate surface area is 108 Å². The molecule has 2 nitrogen and oxygen atoms in total. The van der Waals surface area contributed by atoms with E-state index in [-0.39, 0.29) is 0 Å². The van der Waals surface area contributed by atoms with Gasteiger partial charge in [0.15, 0.2) is 0 Å². The molecule has 0 atom stereocenters. The van der Waals surface area contributed by atoms with E-state index in [0.29, 0.717) is 11.4 Å². The first-order valence-electron chi connectivity index (χ1n) is 6.09. The van der Waals surface area contributed by atoms with Gasteiger partial charge in [-0.25, -0.2) is 0 Å². The van der Waals surface area contributed by atoms with Gasteiger partial charge in [0.1, 0.15) is 11.5 Å². The van der Waals surface area contributed by atoms with Gasteiger partial charge < -0.3 is 10.5 Å². The van der Waals surface area contributed by atoms with E-state index >= 15 is 0 Å². The van der Waals surface area contributed by atoms with Crippen LogP contribution in [0.4, 0.5) is 5.69 Å². The second-order valence-electron chi connectivity index (χ2n) is 4.85. The molecule has 0 heterocycles. The lowest BCUT2D eigenvalue weighted by Gasteiger charge is -2.13. The van der Waals surface area contributed by atoms with Gasteiger partial charge >= 0.3 is 0 Å². The highest BCUT2D eigenvalue weighted by Gasteiger charge is 2.07. The molecule has 0 aliphatic heterocycles. The SMILES string of the molecule is Cc1ccc(Oc2cc(C)cc(C)c2C)c(N)c1. The maximum atomic E-state index is 5.97. The topological polar surface area (TPSA) is 35.2 Å². The van der Waals surface area contributed by atoms with Crippen molar-refractivity contribution in [3.8, 4) is 11.5 Å². The van der Waals surface area contributed by atoms with Crippen LogP contribution in [0.15, 0.2) is 30.3 Å². The van der Waals surface area contributed by atoms with Crippen LogP contribution in [0, 0.1) is 27.7 Å². The lowest BCUT2D eigenvalue weighted by Crippen LogP contribution is -1.95. The van der Waals surface area contributed by atoms with Crippen LogP contribution in [0.2, 0.25) is 0 Å². The Bertz CT molecular complexity index is 588. The summed E-state index contributed by atoms with van der Waals surface area (Å²) >= 11 is 0. The molecule has 0 fully saturated rings. The molecule has 2 aromatic carbocycles. The average molecular weight is 241 g/mol. The van der Waals surface area contributed by atoms with E-state index in [9.17, 15) is 0 Å². The molecule has 0 aliphatic rings. The van der Waals surface area contributed by atoms with Gasteiger partial charge in [-0.1, -0.05) is 12.1 Å². The van der Waals surface area contributed by atoms with Crippen LogP contribution >= 0.6 is 0 Å². The smallest absolute Gasteiger partial charge is 0.150 e. The van der Waals surface area contributed by atoms with Crippen LogP contribution in [0.25, 0.3) is 0 Å². The Balaban J connectivity index is 2.40. The van der Waals surface area contributed by atoms with E-state index < -0.39 is 0 Å². The standard InChI is InChI=1S/C16H19NO/c1-10-5-6-15(14(17)8-10)18-16-9-11(2)7-12(3)13(16)4/h5-9H,17H2,1-4H3. The summed E-state index contributed by atoms with van der Waals surface area (Å²) in [6.45, 7) is 8.24. The summed E-state index contributed by atoms with van der Waals surface area (Å²) in [5.41, 5.74) is 11.4. The van der Waals surface area contributed by atoms with Gasteiger partial charge in [-0.2, -0.15) is 0 Å². The number of ether oxygens (including phenoxy) is 1. The minimum absolute atomic E-state index is 0.675. The van der Waals surface area contributed by atoms with Crippen molar-refractivity contribution in [1.29, 1.82) is 0 Å². The molecule has 0 radical (unpaired) electrons. The van der Waals surface area contributed by atoms with Gasteiger partial charge in [0.05, 0.1) is 5.69 Å².